The van der Waals surface area contributed by atoms with E-state index in [9.17, 15) is 4.79 Å². The Morgan fingerprint density at radius 3 is 2.86 bits per heavy atom. The van der Waals surface area contributed by atoms with Gasteiger partial charge in [0.25, 0.3) is 0 Å². The summed E-state index contributed by atoms with van der Waals surface area (Å²) >= 11 is 3.45. The molecule has 0 saturated carbocycles. The maximum absolute atomic E-state index is 10.8. The smallest absolute Gasteiger partial charge is 0.150 e. The summed E-state index contributed by atoms with van der Waals surface area (Å²) in [5.74, 6) is 0. The third-order valence-corrected chi connectivity index (χ3v) is 2.91. The molecule has 0 spiro atoms. The minimum Gasteiger partial charge on any atom is -0.298 e. The predicted octanol–water partition coefficient (Wildman–Crippen LogP) is 2.46. The van der Waals surface area contributed by atoms with Crippen LogP contribution in [-0.4, -0.2) is 16.1 Å². The summed E-state index contributed by atoms with van der Waals surface area (Å²) in [6.45, 7) is 1.90. The highest BCUT2D eigenvalue weighted by Gasteiger charge is 2.11. The first kappa shape index (κ1) is 9.40. The molecule has 0 unspecified atom stereocenters. The maximum Gasteiger partial charge on any atom is 0.150 e. The molecule has 0 aliphatic rings. The van der Waals surface area contributed by atoms with E-state index in [1.165, 1.54) is 0 Å². The monoisotopic (exact) mass is 252 g/mol. The lowest BCUT2D eigenvalue weighted by atomic mass is 10.1. The number of hydrogen-bond donors (Lipinski definition) is 0. The van der Waals surface area contributed by atoms with Crippen molar-refractivity contribution in [3.8, 4) is 0 Å². The number of carbonyl (C=O) groups excluding carboxylic acids is 1. The highest BCUT2D eigenvalue weighted by Crippen LogP contribution is 2.27. The zero-order valence-corrected chi connectivity index (χ0v) is 9.50. The zero-order valence-electron chi connectivity index (χ0n) is 7.91. The fourth-order valence-electron chi connectivity index (χ4n) is 1.70. The quantitative estimate of drug-likeness (QED) is 0.731. The van der Waals surface area contributed by atoms with Crippen molar-refractivity contribution >= 4 is 33.1 Å². The maximum atomic E-state index is 10.8. The average Bonchev–Trinajstić information content (AvgIpc) is 2.44. The van der Waals surface area contributed by atoms with Gasteiger partial charge in [-0.15, -0.1) is 0 Å². The molecule has 0 amide bonds. The first-order valence-electron chi connectivity index (χ1n) is 4.22. The van der Waals surface area contributed by atoms with E-state index < -0.39 is 0 Å². The van der Waals surface area contributed by atoms with Crippen LogP contribution in [0, 0.1) is 6.92 Å². The van der Waals surface area contributed by atoms with Crippen LogP contribution >= 0.6 is 15.9 Å². The molecular formula is C10H9BrN2O. The van der Waals surface area contributed by atoms with Gasteiger partial charge in [-0.25, -0.2) is 0 Å². The van der Waals surface area contributed by atoms with Crippen molar-refractivity contribution in [2.24, 2.45) is 7.05 Å². The Kier molecular flexibility index (Phi) is 2.15. The highest BCUT2D eigenvalue weighted by molar-refractivity contribution is 9.10. The van der Waals surface area contributed by atoms with Crippen LogP contribution in [0.2, 0.25) is 0 Å². The number of rotatable bonds is 1. The zero-order chi connectivity index (χ0) is 10.3. The molecule has 1 heterocycles. The van der Waals surface area contributed by atoms with Gasteiger partial charge in [-0.3, -0.25) is 9.48 Å². The topological polar surface area (TPSA) is 34.9 Å². The Morgan fingerprint density at radius 1 is 1.50 bits per heavy atom. The second-order valence-electron chi connectivity index (χ2n) is 3.19. The highest BCUT2D eigenvalue weighted by atomic mass is 79.9. The van der Waals surface area contributed by atoms with Crippen LogP contribution in [-0.2, 0) is 7.05 Å². The number of halogens is 1. The predicted molar refractivity (Wildman–Crippen MR) is 58.5 cm³/mol. The molecule has 0 bridgehead atoms. The van der Waals surface area contributed by atoms with Crippen LogP contribution in [0.1, 0.15) is 16.1 Å². The van der Waals surface area contributed by atoms with Crippen LogP contribution in [0.4, 0.5) is 0 Å². The van der Waals surface area contributed by atoms with Crippen LogP contribution in [0.15, 0.2) is 16.6 Å². The van der Waals surface area contributed by atoms with Crippen LogP contribution < -0.4 is 0 Å². The van der Waals surface area contributed by atoms with Gasteiger partial charge in [-0.05, 0) is 35.0 Å². The van der Waals surface area contributed by atoms with Gasteiger partial charge in [0, 0.05) is 22.5 Å². The molecule has 0 fully saturated rings. The SMILES string of the molecule is Cc1nn(C)c2c(Br)ccc(C=O)c12. The summed E-state index contributed by atoms with van der Waals surface area (Å²) in [6, 6.07) is 3.67. The van der Waals surface area contributed by atoms with E-state index in [2.05, 4.69) is 21.0 Å². The van der Waals surface area contributed by atoms with Gasteiger partial charge in [0.2, 0.25) is 0 Å². The molecule has 2 rings (SSSR count). The molecule has 72 valence electrons. The Hall–Kier alpha value is -1.16. The molecule has 1 aromatic heterocycles. The van der Waals surface area contributed by atoms with Gasteiger partial charge in [0.1, 0.15) is 0 Å². The summed E-state index contributed by atoms with van der Waals surface area (Å²) in [5, 5.41) is 5.22. The van der Waals surface area contributed by atoms with E-state index in [4.69, 9.17) is 0 Å². The van der Waals surface area contributed by atoms with Crippen molar-refractivity contribution in [2.45, 2.75) is 6.92 Å². The van der Waals surface area contributed by atoms with E-state index >= 15 is 0 Å². The molecule has 2 aromatic rings. The van der Waals surface area contributed by atoms with Gasteiger partial charge in [-0.2, -0.15) is 5.10 Å². The van der Waals surface area contributed by atoms with E-state index in [1.807, 2.05) is 20.0 Å². The molecule has 1 aromatic carbocycles. The number of benzene rings is 1. The van der Waals surface area contributed by atoms with Crippen molar-refractivity contribution in [3.05, 3.63) is 27.9 Å². The lowest BCUT2D eigenvalue weighted by molar-refractivity contribution is 0.112. The van der Waals surface area contributed by atoms with Crippen molar-refractivity contribution in [2.75, 3.05) is 0 Å². The molecular weight excluding hydrogens is 244 g/mol. The number of aryl methyl sites for hydroxylation is 2. The standard InChI is InChI=1S/C10H9BrN2O/c1-6-9-7(5-14)3-4-8(11)10(9)13(2)12-6/h3-5H,1-2H3. The molecule has 4 heteroatoms. The number of hydrogen-bond acceptors (Lipinski definition) is 2. The number of aromatic nitrogens is 2. The molecule has 0 atom stereocenters. The average molecular weight is 253 g/mol. The van der Waals surface area contributed by atoms with Crippen LogP contribution in [0.3, 0.4) is 0 Å². The van der Waals surface area contributed by atoms with Crippen molar-refractivity contribution in [1.29, 1.82) is 0 Å². The number of fused-ring (bicyclic) bond motifs is 1. The third kappa shape index (κ3) is 1.18. The summed E-state index contributed by atoms with van der Waals surface area (Å²) in [4.78, 5) is 10.8. The van der Waals surface area contributed by atoms with E-state index in [0.717, 1.165) is 27.4 Å². The van der Waals surface area contributed by atoms with Crippen LogP contribution in [0.25, 0.3) is 10.9 Å². The van der Waals surface area contributed by atoms with Crippen LogP contribution in [0.5, 0.6) is 0 Å². The molecule has 3 nitrogen and oxygen atoms in total. The van der Waals surface area contributed by atoms with Gasteiger partial charge in [0.15, 0.2) is 6.29 Å². The third-order valence-electron chi connectivity index (χ3n) is 2.27. The van der Waals surface area contributed by atoms with E-state index in [-0.39, 0.29) is 0 Å². The largest absolute Gasteiger partial charge is 0.298 e. The van der Waals surface area contributed by atoms with Gasteiger partial charge >= 0.3 is 0 Å². The Bertz CT molecular complexity index is 516. The second-order valence-corrected chi connectivity index (χ2v) is 4.04. The van der Waals surface area contributed by atoms with Gasteiger partial charge in [-0.1, -0.05) is 0 Å². The normalized spacial score (nSPS) is 10.8. The number of carbonyl (C=O) groups is 1. The first-order chi connectivity index (χ1) is 6.65. The summed E-state index contributed by atoms with van der Waals surface area (Å²) in [5.41, 5.74) is 2.53. The molecule has 14 heavy (non-hydrogen) atoms. The van der Waals surface area contributed by atoms with Crippen molar-refractivity contribution in [3.63, 3.8) is 0 Å². The fraction of sp³-hybridized carbons (Fsp3) is 0.200. The summed E-state index contributed by atoms with van der Waals surface area (Å²) < 4.78 is 2.74. The van der Waals surface area contributed by atoms with E-state index in [0.29, 0.717) is 5.56 Å². The van der Waals surface area contributed by atoms with Crippen molar-refractivity contribution < 1.29 is 4.79 Å². The Morgan fingerprint density at radius 2 is 2.21 bits per heavy atom. The number of aldehydes is 1. The van der Waals surface area contributed by atoms with E-state index in [1.54, 1.807) is 10.7 Å². The summed E-state index contributed by atoms with van der Waals surface area (Å²) in [6.07, 6.45) is 0.865. The van der Waals surface area contributed by atoms with Gasteiger partial charge < -0.3 is 0 Å². The van der Waals surface area contributed by atoms with Crippen molar-refractivity contribution in [1.82, 2.24) is 9.78 Å². The molecule has 0 N–H and O–H groups in total. The second kappa shape index (κ2) is 3.20. The molecule has 0 aliphatic heterocycles. The molecule has 0 radical (unpaired) electrons. The number of nitrogens with zero attached hydrogens (tertiary/aromatic N) is 2. The first-order valence-corrected chi connectivity index (χ1v) is 5.01. The Balaban J connectivity index is 3.01. The summed E-state index contributed by atoms with van der Waals surface area (Å²) in [7, 11) is 1.87. The lowest BCUT2D eigenvalue weighted by Crippen LogP contribution is -1.90. The minimum absolute atomic E-state index is 0.689. The molecule has 0 aliphatic carbocycles. The lowest BCUT2D eigenvalue weighted by Gasteiger charge is -1.99. The van der Waals surface area contributed by atoms with Gasteiger partial charge in [0.05, 0.1) is 11.2 Å². The fourth-order valence-corrected chi connectivity index (χ4v) is 2.29. The Labute approximate surface area is 89.8 Å². The molecule has 0 saturated heterocycles. The minimum atomic E-state index is 0.689.